The molecular weight excluding hydrogens is 184 g/mol. The fourth-order valence-electron chi connectivity index (χ4n) is 1.77. The van der Waals surface area contributed by atoms with E-state index in [1.54, 1.807) is 0 Å². The summed E-state index contributed by atoms with van der Waals surface area (Å²) in [4.78, 5) is 0. The van der Waals surface area contributed by atoms with Gasteiger partial charge in [-0.1, -0.05) is 32.0 Å². The molecule has 84 valence electrons. The zero-order valence-corrected chi connectivity index (χ0v) is 9.96. The smallest absolute Gasteiger partial charge is 0.0359 e. The van der Waals surface area contributed by atoms with E-state index in [0.29, 0.717) is 6.04 Å². The standard InChI is InChI=1S/C13H22N2/c1-10(2)8-11(3)15-9-12-6-4-5-7-13(12)14/h4-7,10-11,15H,8-9,14H2,1-3H3. The first-order valence-corrected chi connectivity index (χ1v) is 5.66. The molecule has 2 heteroatoms. The Morgan fingerprint density at radius 3 is 2.47 bits per heavy atom. The minimum absolute atomic E-state index is 0.546. The summed E-state index contributed by atoms with van der Waals surface area (Å²) < 4.78 is 0. The van der Waals surface area contributed by atoms with Gasteiger partial charge in [0, 0.05) is 18.3 Å². The highest BCUT2D eigenvalue weighted by atomic mass is 14.9. The van der Waals surface area contributed by atoms with Crippen LogP contribution in [0, 0.1) is 5.92 Å². The minimum Gasteiger partial charge on any atom is -0.398 e. The lowest BCUT2D eigenvalue weighted by Gasteiger charge is -2.16. The Balaban J connectivity index is 2.40. The molecule has 1 rings (SSSR count). The molecule has 2 nitrogen and oxygen atoms in total. The second-order valence-electron chi connectivity index (χ2n) is 4.61. The van der Waals surface area contributed by atoms with E-state index >= 15 is 0 Å². The number of rotatable bonds is 5. The van der Waals surface area contributed by atoms with Crippen LogP contribution in [-0.4, -0.2) is 6.04 Å². The zero-order valence-electron chi connectivity index (χ0n) is 9.96. The topological polar surface area (TPSA) is 38.0 Å². The van der Waals surface area contributed by atoms with Crippen molar-refractivity contribution in [3.05, 3.63) is 29.8 Å². The van der Waals surface area contributed by atoms with Crippen LogP contribution in [0.5, 0.6) is 0 Å². The Kier molecular flexibility index (Phi) is 4.63. The number of hydrogen-bond acceptors (Lipinski definition) is 2. The van der Waals surface area contributed by atoms with Crippen molar-refractivity contribution in [3.63, 3.8) is 0 Å². The monoisotopic (exact) mass is 206 g/mol. The van der Waals surface area contributed by atoms with E-state index in [2.05, 4.69) is 32.2 Å². The van der Waals surface area contributed by atoms with Crippen LogP contribution >= 0.6 is 0 Å². The van der Waals surface area contributed by atoms with Gasteiger partial charge in [-0.2, -0.15) is 0 Å². The molecule has 1 aromatic rings. The summed E-state index contributed by atoms with van der Waals surface area (Å²) in [6.45, 7) is 7.57. The third-order valence-electron chi connectivity index (χ3n) is 2.52. The Morgan fingerprint density at radius 1 is 1.20 bits per heavy atom. The first-order valence-electron chi connectivity index (χ1n) is 5.66. The average Bonchev–Trinajstić information content (AvgIpc) is 2.15. The minimum atomic E-state index is 0.546. The normalized spacial score (nSPS) is 13.1. The molecule has 0 bridgehead atoms. The summed E-state index contributed by atoms with van der Waals surface area (Å²) in [6.07, 6.45) is 1.20. The Morgan fingerprint density at radius 2 is 1.87 bits per heavy atom. The van der Waals surface area contributed by atoms with Crippen molar-refractivity contribution in [2.45, 2.75) is 39.8 Å². The molecule has 0 saturated heterocycles. The zero-order chi connectivity index (χ0) is 11.3. The van der Waals surface area contributed by atoms with Gasteiger partial charge >= 0.3 is 0 Å². The van der Waals surface area contributed by atoms with Crippen LogP contribution in [0.2, 0.25) is 0 Å². The Labute approximate surface area is 92.9 Å². The van der Waals surface area contributed by atoms with E-state index in [1.807, 2.05) is 18.2 Å². The van der Waals surface area contributed by atoms with Gasteiger partial charge in [0.15, 0.2) is 0 Å². The highest BCUT2D eigenvalue weighted by Gasteiger charge is 2.05. The van der Waals surface area contributed by atoms with Crippen molar-refractivity contribution in [2.24, 2.45) is 5.92 Å². The fraction of sp³-hybridized carbons (Fsp3) is 0.538. The van der Waals surface area contributed by atoms with E-state index in [4.69, 9.17) is 5.73 Å². The van der Waals surface area contributed by atoms with Gasteiger partial charge in [-0.25, -0.2) is 0 Å². The average molecular weight is 206 g/mol. The number of nitrogen functional groups attached to an aromatic ring is 1. The van der Waals surface area contributed by atoms with Crippen molar-refractivity contribution in [1.82, 2.24) is 5.32 Å². The molecule has 0 saturated carbocycles. The van der Waals surface area contributed by atoms with Crippen molar-refractivity contribution in [3.8, 4) is 0 Å². The number of hydrogen-bond donors (Lipinski definition) is 2. The third-order valence-corrected chi connectivity index (χ3v) is 2.52. The second kappa shape index (κ2) is 5.76. The molecule has 3 N–H and O–H groups in total. The number of nitrogens with one attached hydrogen (secondary N) is 1. The molecule has 1 atom stereocenters. The number of nitrogens with two attached hydrogens (primary N) is 1. The van der Waals surface area contributed by atoms with Gasteiger partial charge in [0.05, 0.1) is 0 Å². The van der Waals surface area contributed by atoms with Gasteiger partial charge in [0.25, 0.3) is 0 Å². The van der Waals surface area contributed by atoms with Crippen molar-refractivity contribution in [2.75, 3.05) is 5.73 Å². The molecule has 0 aliphatic rings. The van der Waals surface area contributed by atoms with Crippen molar-refractivity contribution >= 4 is 5.69 Å². The summed E-state index contributed by atoms with van der Waals surface area (Å²) in [5, 5.41) is 3.49. The van der Waals surface area contributed by atoms with Gasteiger partial charge in [0.1, 0.15) is 0 Å². The predicted octanol–water partition coefficient (Wildman–Crippen LogP) is 2.79. The fourth-order valence-corrected chi connectivity index (χ4v) is 1.77. The third kappa shape index (κ3) is 4.34. The molecule has 0 radical (unpaired) electrons. The quantitative estimate of drug-likeness (QED) is 0.727. The van der Waals surface area contributed by atoms with Gasteiger partial charge in [-0.15, -0.1) is 0 Å². The highest BCUT2D eigenvalue weighted by molar-refractivity contribution is 5.46. The van der Waals surface area contributed by atoms with Crippen LogP contribution in [0.25, 0.3) is 0 Å². The SMILES string of the molecule is CC(C)CC(C)NCc1ccccc1N. The van der Waals surface area contributed by atoms with Gasteiger partial charge < -0.3 is 11.1 Å². The second-order valence-corrected chi connectivity index (χ2v) is 4.61. The van der Waals surface area contributed by atoms with Gasteiger partial charge in [-0.05, 0) is 30.9 Å². The maximum atomic E-state index is 5.87. The summed E-state index contributed by atoms with van der Waals surface area (Å²) in [5.41, 5.74) is 7.93. The summed E-state index contributed by atoms with van der Waals surface area (Å²) in [7, 11) is 0. The van der Waals surface area contributed by atoms with E-state index in [-0.39, 0.29) is 0 Å². The molecule has 0 aliphatic carbocycles. The van der Waals surface area contributed by atoms with Crippen molar-refractivity contribution in [1.29, 1.82) is 0 Å². The lowest BCUT2D eigenvalue weighted by Crippen LogP contribution is -2.27. The molecule has 0 fully saturated rings. The van der Waals surface area contributed by atoms with E-state index < -0.39 is 0 Å². The van der Waals surface area contributed by atoms with E-state index in [0.717, 1.165) is 18.2 Å². The lowest BCUT2D eigenvalue weighted by atomic mass is 10.0. The summed E-state index contributed by atoms with van der Waals surface area (Å²) >= 11 is 0. The van der Waals surface area contributed by atoms with Crippen LogP contribution in [0.15, 0.2) is 24.3 Å². The maximum Gasteiger partial charge on any atom is 0.0359 e. The number of benzene rings is 1. The summed E-state index contributed by atoms with van der Waals surface area (Å²) in [6, 6.07) is 8.57. The van der Waals surface area contributed by atoms with Crippen LogP contribution in [-0.2, 0) is 6.54 Å². The first-order chi connectivity index (χ1) is 7.09. The molecule has 0 aromatic heterocycles. The molecule has 15 heavy (non-hydrogen) atoms. The molecule has 0 heterocycles. The highest BCUT2D eigenvalue weighted by Crippen LogP contribution is 2.11. The number of anilines is 1. The molecule has 1 unspecified atom stereocenters. The molecule has 0 amide bonds. The molecule has 0 aliphatic heterocycles. The van der Waals surface area contributed by atoms with Crippen molar-refractivity contribution < 1.29 is 0 Å². The Bertz CT molecular complexity index is 294. The van der Waals surface area contributed by atoms with E-state index in [1.165, 1.54) is 12.0 Å². The van der Waals surface area contributed by atoms with Crippen LogP contribution in [0.3, 0.4) is 0 Å². The van der Waals surface area contributed by atoms with Crippen LogP contribution in [0.1, 0.15) is 32.8 Å². The van der Waals surface area contributed by atoms with E-state index in [9.17, 15) is 0 Å². The number of para-hydroxylation sites is 1. The van der Waals surface area contributed by atoms with Gasteiger partial charge in [0.2, 0.25) is 0 Å². The lowest BCUT2D eigenvalue weighted by molar-refractivity contribution is 0.442. The molecular formula is C13H22N2. The molecule has 0 spiro atoms. The predicted molar refractivity (Wildman–Crippen MR) is 66.6 cm³/mol. The largest absolute Gasteiger partial charge is 0.398 e. The maximum absolute atomic E-state index is 5.87. The summed E-state index contributed by atoms with van der Waals surface area (Å²) in [5.74, 6) is 0.737. The first kappa shape index (κ1) is 12.1. The van der Waals surface area contributed by atoms with Gasteiger partial charge in [-0.3, -0.25) is 0 Å². The van der Waals surface area contributed by atoms with Crippen LogP contribution < -0.4 is 11.1 Å². The van der Waals surface area contributed by atoms with Crippen LogP contribution in [0.4, 0.5) is 5.69 Å². The Hall–Kier alpha value is -1.02. The molecule has 1 aromatic carbocycles.